The van der Waals surface area contributed by atoms with E-state index < -0.39 is 0 Å². The molecule has 1 unspecified atom stereocenters. The fourth-order valence-electron chi connectivity index (χ4n) is 3.62. The highest BCUT2D eigenvalue weighted by molar-refractivity contribution is 5.61. The van der Waals surface area contributed by atoms with Gasteiger partial charge in [0.05, 0.1) is 0 Å². The van der Waals surface area contributed by atoms with Gasteiger partial charge >= 0.3 is 0 Å². The number of hydrogen-bond acceptors (Lipinski definition) is 2. The number of anilines is 1. The maximum Gasteiger partial charge on any atom is 0.129 e. The van der Waals surface area contributed by atoms with Crippen LogP contribution in [0.1, 0.15) is 64.0 Å². The summed E-state index contributed by atoms with van der Waals surface area (Å²) >= 11 is 0. The standard InChI is InChI=1S/C18H29FN2/c1-6-7-8-21-17-10-16(19)14(12-20-5)9-15(17)13(2)11-18(21,3)4/h9-10,13,20H,6-8,11-12H2,1-5H3. The predicted molar refractivity (Wildman–Crippen MR) is 88.5 cm³/mol. The molecule has 1 heterocycles. The van der Waals surface area contributed by atoms with Gasteiger partial charge in [0.2, 0.25) is 0 Å². The third kappa shape index (κ3) is 3.23. The minimum absolute atomic E-state index is 0.0884. The van der Waals surface area contributed by atoms with Crippen molar-refractivity contribution in [3.05, 3.63) is 29.1 Å². The molecule has 0 aliphatic carbocycles. The van der Waals surface area contributed by atoms with E-state index in [1.165, 1.54) is 5.56 Å². The van der Waals surface area contributed by atoms with E-state index in [0.29, 0.717) is 12.5 Å². The van der Waals surface area contributed by atoms with Gasteiger partial charge in [-0.2, -0.15) is 0 Å². The van der Waals surface area contributed by atoms with Gasteiger partial charge in [0.1, 0.15) is 5.82 Å². The molecule has 1 aromatic rings. The van der Waals surface area contributed by atoms with Crippen LogP contribution in [0.25, 0.3) is 0 Å². The number of fused-ring (bicyclic) bond motifs is 1. The highest BCUT2D eigenvalue weighted by atomic mass is 19.1. The molecule has 2 rings (SSSR count). The van der Waals surface area contributed by atoms with Crippen LogP contribution in [-0.4, -0.2) is 19.1 Å². The zero-order valence-electron chi connectivity index (χ0n) is 14.1. The third-order valence-electron chi connectivity index (χ3n) is 4.66. The smallest absolute Gasteiger partial charge is 0.129 e. The molecule has 0 bridgehead atoms. The van der Waals surface area contributed by atoms with E-state index in [4.69, 9.17) is 0 Å². The number of halogens is 1. The van der Waals surface area contributed by atoms with E-state index in [0.717, 1.165) is 37.1 Å². The van der Waals surface area contributed by atoms with Crippen molar-refractivity contribution >= 4 is 5.69 Å². The molecule has 21 heavy (non-hydrogen) atoms. The van der Waals surface area contributed by atoms with Crippen molar-refractivity contribution in [1.82, 2.24) is 5.32 Å². The maximum absolute atomic E-state index is 14.4. The largest absolute Gasteiger partial charge is 0.366 e. The van der Waals surface area contributed by atoms with Gasteiger partial charge < -0.3 is 10.2 Å². The highest BCUT2D eigenvalue weighted by Gasteiger charge is 2.36. The molecule has 0 amide bonds. The van der Waals surface area contributed by atoms with Gasteiger partial charge in [-0.1, -0.05) is 20.3 Å². The lowest BCUT2D eigenvalue weighted by Crippen LogP contribution is -2.48. The first kappa shape index (κ1) is 16.3. The molecule has 0 spiro atoms. The van der Waals surface area contributed by atoms with E-state index in [1.807, 2.05) is 7.05 Å². The van der Waals surface area contributed by atoms with Gasteiger partial charge in [0.15, 0.2) is 0 Å². The molecule has 118 valence electrons. The van der Waals surface area contributed by atoms with Gasteiger partial charge in [-0.3, -0.25) is 0 Å². The SMILES string of the molecule is CCCCN1c2cc(F)c(CNC)cc2C(C)CC1(C)C. The fraction of sp³-hybridized carbons (Fsp3) is 0.667. The van der Waals surface area contributed by atoms with Crippen LogP contribution in [0.3, 0.4) is 0 Å². The average Bonchev–Trinajstić information content (AvgIpc) is 2.40. The van der Waals surface area contributed by atoms with Crippen LogP contribution in [-0.2, 0) is 6.54 Å². The Bertz CT molecular complexity index is 496. The zero-order valence-corrected chi connectivity index (χ0v) is 14.1. The van der Waals surface area contributed by atoms with Crippen LogP contribution in [0.15, 0.2) is 12.1 Å². The minimum atomic E-state index is -0.0884. The van der Waals surface area contributed by atoms with Crippen molar-refractivity contribution in [2.45, 2.75) is 65.0 Å². The molecule has 1 aliphatic heterocycles. The molecule has 2 nitrogen and oxygen atoms in total. The monoisotopic (exact) mass is 292 g/mol. The van der Waals surface area contributed by atoms with Crippen molar-refractivity contribution in [3.63, 3.8) is 0 Å². The molecule has 1 atom stereocenters. The lowest BCUT2D eigenvalue weighted by atomic mass is 9.79. The summed E-state index contributed by atoms with van der Waals surface area (Å²) in [6, 6.07) is 3.83. The molecule has 0 saturated carbocycles. The van der Waals surface area contributed by atoms with E-state index in [2.05, 4.69) is 44.0 Å². The maximum atomic E-state index is 14.4. The predicted octanol–water partition coefficient (Wildman–Crippen LogP) is 4.44. The Balaban J connectivity index is 2.46. The second-order valence-electron chi connectivity index (χ2n) is 6.96. The van der Waals surface area contributed by atoms with E-state index >= 15 is 0 Å². The number of nitrogens with one attached hydrogen (secondary N) is 1. The molecule has 3 heteroatoms. The summed E-state index contributed by atoms with van der Waals surface area (Å²) in [5, 5.41) is 3.05. The Kier molecular flexibility index (Phi) is 4.92. The molecule has 1 N–H and O–H groups in total. The second-order valence-corrected chi connectivity index (χ2v) is 6.96. The molecule has 0 saturated heterocycles. The topological polar surface area (TPSA) is 15.3 Å². The van der Waals surface area contributed by atoms with Crippen LogP contribution in [0, 0.1) is 5.82 Å². The summed E-state index contributed by atoms with van der Waals surface area (Å²) in [5.41, 5.74) is 3.28. The first-order chi connectivity index (χ1) is 9.90. The second kappa shape index (κ2) is 6.35. The van der Waals surface area contributed by atoms with Crippen LogP contribution in [0.4, 0.5) is 10.1 Å². The number of benzene rings is 1. The molecule has 1 aromatic carbocycles. The van der Waals surface area contributed by atoms with Gasteiger partial charge in [-0.15, -0.1) is 0 Å². The van der Waals surface area contributed by atoms with E-state index in [-0.39, 0.29) is 11.4 Å². The van der Waals surface area contributed by atoms with Crippen molar-refractivity contribution in [2.75, 3.05) is 18.5 Å². The molecular weight excluding hydrogens is 263 g/mol. The van der Waals surface area contributed by atoms with Crippen LogP contribution < -0.4 is 10.2 Å². The number of nitrogens with zero attached hydrogens (tertiary/aromatic N) is 1. The Labute approximate surface area is 128 Å². The Morgan fingerprint density at radius 2 is 2.10 bits per heavy atom. The average molecular weight is 292 g/mol. The Morgan fingerprint density at radius 3 is 2.71 bits per heavy atom. The van der Waals surface area contributed by atoms with Gasteiger partial charge in [0.25, 0.3) is 0 Å². The van der Waals surface area contributed by atoms with Crippen molar-refractivity contribution in [2.24, 2.45) is 0 Å². The Morgan fingerprint density at radius 1 is 1.38 bits per heavy atom. The van der Waals surface area contributed by atoms with Crippen molar-refractivity contribution < 1.29 is 4.39 Å². The molecule has 0 radical (unpaired) electrons. The van der Waals surface area contributed by atoms with Crippen LogP contribution in [0.5, 0.6) is 0 Å². The van der Waals surface area contributed by atoms with Gasteiger partial charge in [-0.05, 0) is 57.4 Å². The van der Waals surface area contributed by atoms with Gasteiger partial charge in [-0.25, -0.2) is 4.39 Å². The number of rotatable bonds is 5. The minimum Gasteiger partial charge on any atom is -0.366 e. The summed E-state index contributed by atoms with van der Waals surface area (Å²) in [6.45, 7) is 10.6. The molecule has 0 fully saturated rings. The zero-order chi connectivity index (χ0) is 15.6. The van der Waals surface area contributed by atoms with Gasteiger partial charge in [0, 0.05) is 29.9 Å². The quantitative estimate of drug-likeness (QED) is 0.863. The first-order valence-electron chi connectivity index (χ1n) is 8.15. The summed E-state index contributed by atoms with van der Waals surface area (Å²) in [5.74, 6) is 0.388. The van der Waals surface area contributed by atoms with Crippen molar-refractivity contribution in [1.29, 1.82) is 0 Å². The lowest BCUT2D eigenvalue weighted by Gasteiger charge is -2.48. The highest BCUT2D eigenvalue weighted by Crippen LogP contribution is 2.44. The third-order valence-corrected chi connectivity index (χ3v) is 4.66. The van der Waals surface area contributed by atoms with E-state index in [9.17, 15) is 4.39 Å². The fourth-order valence-corrected chi connectivity index (χ4v) is 3.62. The molecule has 1 aliphatic rings. The Hall–Kier alpha value is -1.09. The van der Waals surface area contributed by atoms with E-state index in [1.54, 1.807) is 6.07 Å². The van der Waals surface area contributed by atoms with Crippen LogP contribution >= 0.6 is 0 Å². The lowest BCUT2D eigenvalue weighted by molar-refractivity contribution is 0.372. The molecular formula is C18H29FN2. The summed E-state index contributed by atoms with van der Waals surface area (Å²) in [7, 11) is 1.86. The number of hydrogen-bond donors (Lipinski definition) is 1. The molecule has 0 aromatic heterocycles. The normalized spacial score (nSPS) is 20.5. The summed E-state index contributed by atoms with van der Waals surface area (Å²) in [6.07, 6.45) is 3.43. The first-order valence-corrected chi connectivity index (χ1v) is 8.15. The van der Waals surface area contributed by atoms with Crippen molar-refractivity contribution in [3.8, 4) is 0 Å². The number of unbranched alkanes of at least 4 members (excludes halogenated alkanes) is 1. The summed E-state index contributed by atoms with van der Waals surface area (Å²) in [4.78, 5) is 2.41. The van der Waals surface area contributed by atoms with Crippen LogP contribution in [0.2, 0.25) is 0 Å². The summed E-state index contributed by atoms with van der Waals surface area (Å²) < 4.78 is 14.4.